The third-order valence-corrected chi connectivity index (χ3v) is 5.55. The van der Waals surface area contributed by atoms with E-state index in [1.165, 1.54) is 5.56 Å². The number of carbonyl (C=O) groups is 1. The van der Waals surface area contributed by atoms with E-state index in [1.54, 1.807) is 19.5 Å². The molecule has 0 saturated heterocycles. The Hall–Kier alpha value is -3.67. The zero-order valence-corrected chi connectivity index (χ0v) is 16.0. The summed E-state index contributed by atoms with van der Waals surface area (Å²) in [4.78, 5) is 17.4. The summed E-state index contributed by atoms with van der Waals surface area (Å²) in [5.74, 6) is 1.21. The fourth-order valence-electron chi connectivity index (χ4n) is 4.00. The van der Waals surface area contributed by atoms with Gasteiger partial charge in [0.15, 0.2) is 0 Å². The molecule has 144 valence electrons. The van der Waals surface area contributed by atoms with Gasteiger partial charge in [-0.3, -0.25) is 9.89 Å². The summed E-state index contributed by atoms with van der Waals surface area (Å²) in [5, 5.41) is 11.9. The van der Waals surface area contributed by atoms with E-state index in [0.717, 1.165) is 46.1 Å². The molecule has 0 spiro atoms. The third-order valence-electron chi connectivity index (χ3n) is 5.55. The van der Waals surface area contributed by atoms with Crippen molar-refractivity contribution in [1.29, 1.82) is 0 Å². The van der Waals surface area contributed by atoms with Crippen LogP contribution in [0.1, 0.15) is 23.5 Å². The summed E-state index contributed by atoms with van der Waals surface area (Å²) in [7, 11) is 1.66. The van der Waals surface area contributed by atoms with Crippen LogP contribution in [0, 0.1) is 0 Å². The van der Waals surface area contributed by atoms with Gasteiger partial charge in [-0.05, 0) is 59.2 Å². The SMILES string of the molecule is COc1ccc2c(c1)CCC2C(=O)Nc1cc2cc(-c3cn[nH]c3)ccc2cn1. The van der Waals surface area contributed by atoms with Gasteiger partial charge in [0.1, 0.15) is 11.6 Å². The molecule has 2 aromatic carbocycles. The molecular weight excluding hydrogens is 364 g/mol. The molecule has 0 bridgehead atoms. The van der Waals surface area contributed by atoms with Crippen molar-refractivity contribution in [2.24, 2.45) is 0 Å². The summed E-state index contributed by atoms with van der Waals surface area (Å²) >= 11 is 0. The van der Waals surface area contributed by atoms with Gasteiger partial charge in [-0.15, -0.1) is 0 Å². The lowest BCUT2D eigenvalue weighted by Crippen LogP contribution is -2.20. The van der Waals surface area contributed by atoms with Crippen LogP contribution in [0.2, 0.25) is 0 Å². The summed E-state index contributed by atoms with van der Waals surface area (Å²) in [6, 6.07) is 14.0. The van der Waals surface area contributed by atoms with Crippen molar-refractivity contribution in [2.45, 2.75) is 18.8 Å². The minimum atomic E-state index is -0.161. The highest BCUT2D eigenvalue weighted by atomic mass is 16.5. The van der Waals surface area contributed by atoms with Gasteiger partial charge in [0.2, 0.25) is 5.91 Å². The number of carbonyl (C=O) groups excluding carboxylic acids is 1. The molecule has 0 fully saturated rings. The van der Waals surface area contributed by atoms with Gasteiger partial charge >= 0.3 is 0 Å². The second-order valence-electron chi connectivity index (χ2n) is 7.26. The number of hydrogen-bond acceptors (Lipinski definition) is 4. The van der Waals surface area contributed by atoms with Crippen LogP contribution in [-0.4, -0.2) is 28.2 Å². The molecule has 2 aromatic heterocycles. The van der Waals surface area contributed by atoms with Crippen molar-refractivity contribution >= 4 is 22.5 Å². The monoisotopic (exact) mass is 384 g/mol. The van der Waals surface area contributed by atoms with Gasteiger partial charge in [0, 0.05) is 23.3 Å². The summed E-state index contributed by atoms with van der Waals surface area (Å²) < 4.78 is 5.29. The molecule has 6 nitrogen and oxygen atoms in total. The molecule has 5 rings (SSSR count). The Morgan fingerprint density at radius 2 is 2.03 bits per heavy atom. The first-order valence-corrected chi connectivity index (χ1v) is 9.58. The molecule has 1 unspecified atom stereocenters. The highest BCUT2D eigenvalue weighted by Crippen LogP contribution is 2.36. The van der Waals surface area contributed by atoms with Crippen LogP contribution < -0.4 is 10.1 Å². The van der Waals surface area contributed by atoms with Gasteiger partial charge in [0.25, 0.3) is 0 Å². The van der Waals surface area contributed by atoms with Crippen LogP contribution in [0.15, 0.2) is 61.1 Å². The lowest BCUT2D eigenvalue weighted by molar-refractivity contribution is -0.117. The Morgan fingerprint density at radius 3 is 2.86 bits per heavy atom. The van der Waals surface area contributed by atoms with Crippen molar-refractivity contribution < 1.29 is 9.53 Å². The number of ether oxygens (including phenoxy) is 1. The summed E-state index contributed by atoms with van der Waals surface area (Å²) in [6.45, 7) is 0. The Bertz CT molecular complexity index is 1200. The van der Waals surface area contributed by atoms with Crippen LogP contribution in [0.25, 0.3) is 21.9 Å². The summed E-state index contributed by atoms with van der Waals surface area (Å²) in [6.07, 6.45) is 7.11. The van der Waals surface area contributed by atoms with Crippen LogP contribution in [-0.2, 0) is 11.2 Å². The Morgan fingerprint density at radius 1 is 1.10 bits per heavy atom. The number of pyridine rings is 1. The molecule has 2 heterocycles. The van der Waals surface area contributed by atoms with Gasteiger partial charge in [0.05, 0.1) is 19.2 Å². The van der Waals surface area contributed by atoms with Crippen molar-refractivity contribution in [3.05, 3.63) is 72.2 Å². The van der Waals surface area contributed by atoms with E-state index in [2.05, 4.69) is 26.6 Å². The molecule has 6 heteroatoms. The number of hydrogen-bond donors (Lipinski definition) is 2. The zero-order chi connectivity index (χ0) is 19.8. The number of aryl methyl sites for hydroxylation is 1. The number of fused-ring (bicyclic) bond motifs is 2. The summed E-state index contributed by atoms with van der Waals surface area (Å²) in [5.41, 5.74) is 4.34. The number of H-pyrrole nitrogens is 1. The maximum atomic E-state index is 12.9. The van der Waals surface area contributed by atoms with Crippen LogP contribution in [0.3, 0.4) is 0 Å². The number of anilines is 1. The standard InChI is InChI=1S/C23H20N4O2/c1-29-19-5-7-20-15(9-19)4-6-21(20)23(28)27-22-10-17-8-14(18-12-25-26-13-18)2-3-16(17)11-24-22/h2-3,5,7-13,21H,4,6H2,1H3,(H,25,26)(H,24,27,28). The number of rotatable bonds is 4. The minimum Gasteiger partial charge on any atom is -0.497 e. The van der Waals surface area contributed by atoms with E-state index in [1.807, 2.05) is 42.6 Å². The van der Waals surface area contributed by atoms with E-state index >= 15 is 0 Å². The molecule has 0 radical (unpaired) electrons. The highest BCUT2D eigenvalue weighted by Gasteiger charge is 2.29. The molecule has 0 saturated carbocycles. The van der Waals surface area contributed by atoms with Crippen LogP contribution in [0.5, 0.6) is 5.75 Å². The van der Waals surface area contributed by atoms with E-state index in [0.29, 0.717) is 5.82 Å². The van der Waals surface area contributed by atoms with E-state index in [9.17, 15) is 4.79 Å². The smallest absolute Gasteiger partial charge is 0.233 e. The van der Waals surface area contributed by atoms with Crippen LogP contribution in [0.4, 0.5) is 5.82 Å². The predicted octanol–water partition coefficient (Wildman–Crippen LogP) is 4.30. The first-order chi connectivity index (χ1) is 14.2. The molecular formula is C23H20N4O2. The largest absolute Gasteiger partial charge is 0.497 e. The van der Waals surface area contributed by atoms with E-state index in [-0.39, 0.29) is 11.8 Å². The van der Waals surface area contributed by atoms with Gasteiger partial charge < -0.3 is 10.1 Å². The topological polar surface area (TPSA) is 79.9 Å². The average molecular weight is 384 g/mol. The molecule has 1 aliphatic rings. The molecule has 4 aromatic rings. The van der Waals surface area contributed by atoms with Gasteiger partial charge in [-0.1, -0.05) is 18.2 Å². The van der Waals surface area contributed by atoms with Crippen molar-refractivity contribution in [3.63, 3.8) is 0 Å². The zero-order valence-electron chi connectivity index (χ0n) is 16.0. The molecule has 1 atom stereocenters. The molecule has 29 heavy (non-hydrogen) atoms. The average Bonchev–Trinajstić information content (AvgIpc) is 3.42. The predicted molar refractivity (Wildman–Crippen MR) is 112 cm³/mol. The first kappa shape index (κ1) is 17.4. The number of nitrogens with one attached hydrogen (secondary N) is 2. The maximum Gasteiger partial charge on any atom is 0.233 e. The highest BCUT2D eigenvalue weighted by molar-refractivity contribution is 5.98. The molecule has 1 aliphatic carbocycles. The van der Waals surface area contributed by atoms with E-state index in [4.69, 9.17) is 4.74 Å². The lowest BCUT2D eigenvalue weighted by atomic mass is 10.0. The first-order valence-electron chi connectivity index (χ1n) is 9.58. The number of amides is 1. The van der Waals surface area contributed by atoms with E-state index < -0.39 is 0 Å². The molecule has 0 aliphatic heterocycles. The van der Waals surface area contributed by atoms with Crippen molar-refractivity contribution in [3.8, 4) is 16.9 Å². The molecule has 1 amide bonds. The second kappa shape index (κ2) is 7.05. The number of aromatic nitrogens is 3. The van der Waals surface area contributed by atoms with Crippen LogP contribution >= 0.6 is 0 Å². The van der Waals surface area contributed by atoms with Gasteiger partial charge in [-0.2, -0.15) is 5.10 Å². The second-order valence-corrected chi connectivity index (χ2v) is 7.26. The Kier molecular flexibility index (Phi) is 4.24. The van der Waals surface area contributed by atoms with Gasteiger partial charge in [-0.25, -0.2) is 4.98 Å². The third kappa shape index (κ3) is 3.23. The molecule has 2 N–H and O–H groups in total. The lowest BCUT2D eigenvalue weighted by Gasteiger charge is -2.13. The number of benzene rings is 2. The Balaban J connectivity index is 1.40. The maximum absolute atomic E-state index is 12.9. The fraction of sp³-hybridized carbons (Fsp3) is 0.174. The number of nitrogens with zero attached hydrogens (tertiary/aromatic N) is 2. The Labute approximate surface area is 167 Å². The quantitative estimate of drug-likeness (QED) is 0.550. The number of methoxy groups -OCH3 is 1. The number of aromatic amines is 1. The fourth-order valence-corrected chi connectivity index (χ4v) is 4.00. The van der Waals surface area contributed by atoms with Crippen molar-refractivity contribution in [2.75, 3.05) is 12.4 Å². The normalized spacial score (nSPS) is 15.3. The minimum absolute atomic E-state index is 0.0215. The van der Waals surface area contributed by atoms with Crippen molar-refractivity contribution in [1.82, 2.24) is 15.2 Å².